The van der Waals surface area contributed by atoms with Gasteiger partial charge in [0.25, 0.3) is 0 Å². The number of rotatable bonds is 15. The minimum absolute atomic E-state index is 0.0605. The van der Waals surface area contributed by atoms with Crippen LogP contribution in [-0.4, -0.2) is 87.8 Å². The number of benzene rings is 1. The Labute approximate surface area is 282 Å². The van der Waals surface area contributed by atoms with E-state index in [0.29, 0.717) is 51.2 Å². The Morgan fingerprint density at radius 2 is 1.48 bits per heavy atom. The fourth-order valence-electron chi connectivity index (χ4n) is 5.81. The predicted molar refractivity (Wildman–Crippen MR) is 180 cm³/mol. The molecule has 4 rings (SSSR count). The highest BCUT2D eigenvalue weighted by Crippen LogP contribution is 2.29. The Kier molecular flexibility index (Phi) is 12.6. The number of amides is 5. The highest BCUT2D eigenvalue weighted by Gasteiger charge is 2.50. The van der Waals surface area contributed by atoms with Crippen LogP contribution in [0.4, 0.5) is 10.6 Å². The number of carbonyl (C=O) groups is 5. The number of epoxide rings is 1. The molecule has 13 nitrogen and oxygen atoms in total. The molecule has 1 aromatic heterocycles. The second-order valence-electron chi connectivity index (χ2n) is 13.8. The zero-order valence-electron chi connectivity index (χ0n) is 28.5. The number of urea groups is 1. The van der Waals surface area contributed by atoms with E-state index in [-0.39, 0.29) is 35.9 Å². The maximum absolute atomic E-state index is 13.8. The molecule has 2 saturated heterocycles. The number of nitrogens with one attached hydrogen (secondary N) is 4. The van der Waals surface area contributed by atoms with Crippen LogP contribution in [0.2, 0.25) is 0 Å². The number of likely N-dealkylation sites (tertiary alicyclic amines) is 1. The second-order valence-corrected chi connectivity index (χ2v) is 13.8. The Morgan fingerprint density at radius 1 is 0.875 bits per heavy atom. The van der Waals surface area contributed by atoms with Crippen molar-refractivity contribution in [3.63, 3.8) is 0 Å². The summed E-state index contributed by atoms with van der Waals surface area (Å²) in [7, 11) is 0. The topological polar surface area (TPSA) is 175 Å². The van der Waals surface area contributed by atoms with Crippen molar-refractivity contribution in [1.29, 1.82) is 0 Å². The van der Waals surface area contributed by atoms with Crippen molar-refractivity contribution in [1.82, 2.24) is 30.8 Å². The van der Waals surface area contributed by atoms with E-state index < -0.39 is 41.6 Å². The summed E-state index contributed by atoms with van der Waals surface area (Å²) >= 11 is 0. The summed E-state index contributed by atoms with van der Waals surface area (Å²) in [6, 6.07) is 6.23. The maximum Gasteiger partial charge on any atom is 0.318 e. The van der Waals surface area contributed by atoms with Crippen LogP contribution in [-0.2, 0) is 30.3 Å². The summed E-state index contributed by atoms with van der Waals surface area (Å²) < 4.78 is 5.38. The summed E-state index contributed by atoms with van der Waals surface area (Å²) in [5.74, 6) is -1.05. The molecule has 0 spiro atoms. The van der Waals surface area contributed by atoms with E-state index in [0.717, 1.165) is 5.56 Å². The number of ether oxygens (including phenoxy) is 1. The van der Waals surface area contributed by atoms with Gasteiger partial charge >= 0.3 is 6.03 Å². The average Bonchev–Trinajstić information content (AvgIpc) is 3.82. The van der Waals surface area contributed by atoms with E-state index >= 15 is 0 Å². The molecular weight excluding hydrogens is 614 g/mol. The van der Waals surface area contributed by atoms with Gasteiger partial charge in [0.2, 0.25) is 17.7 Å². The molecule has 1 aromatic carbocycles. The zero-order valence-corrected chi connectivity index (χ0v) is 28.5. The van der Waals surface area contributed by atoms with E-state index in [9.17, 15) is 24.0 Å². The lowest BCUT2D eigenvalue weighted by atomic mass is 9.93. The fraction of sp³-hybridized carbons (Fsp3) is 0.571. The minimum Gasteiger partial charge on any atom is -0.361 e. The van der Waals surface area contributed by atoms with Crippen molar-refractivity contribution < 1.29 is 28.7 Å². The summed E-state index contributed by atoms with van der Waals surface area (Å²) in [6.07, 6.45) is 6.38. The van der Waals surface area contributed by atoms with Crippen molar-refractivity contribution in [2.75, 3.05) is 25.0 Å². The van der Waals surface area contributed by atoms with Gasteiger partial charge in [-0.15, -0.1) is 0 Å². The molecule has 0 aliphatic carbocycles. The minimum atomic E-state index is -0.995. The number of hydrogen-bond donors (Lipinski definition) is 4. The second kappa shape index (κ2) is 16.6. The van der Waals surface area contributed by atoms with E-state index in [1.807, 2.05) is 58.0 Å². The van der Waals surface area contributed by atoms with Crippen molar-refractivity contribution in [2.24, 2.45) is 17.8 Å². The van der Waals surface area contributed by atoms with Gasteiger partial charge in [0.05, 0.1) is 18.8 Å². The Hall–Kier alpha value is -4.39. The van der Waals surface area contributed by atoms with E-state index in [4.69, 9.17) is 4.74 Å². The highest BCUT2D eigenvalue weighted by atomic mass is 16.6. The van der Waals surface area contributed by atoms with Crippen LogP contribution in [0.5, 0.6) is 0 Å². The molecule has 13 heteroatoms. The molecule has 4 unspecified atom stereocenters. The molecule has 48 heavy (non-hydrogen) atoms. The fourth-order valence-corrected chi connectivity index (χ4v) is 5.81. The van der Waals surface area contributed by atoms with Gasteiger partial charge in [-0.25, -0.2) is 9.78 Å². The number of anilines is 1. The van der Waals surface area contributed by atoms with Crippen LogP contribution in [0.3, 0.4) is 0 Å². The molecule has 2 fully saturated rings. The van der Waals surface area contributed by atoms with Crippen LogP contribution in [0.15, 0.2) is 48.9 Å². The summed E-state index contributed by atoms with van der Waals surface area (Å²) in [6.45, 7) is 10.6. The lowest BCUT2D eigenvalue weighted by molar-refractivity contribution is -0.133. The third-order valence-corrected chi connectivity index (χ3v) is 8.64. The first-order valence-electron chi connectivity index (χ1n) is 16.8. The lowest BCUT2D eigenvalue weighted by Crippen LogP contribution is -2.58. The zero-order chi connectivity index (χ0) is 34.8. The summed E-state index contributed by atoms with van der Waals surface area (Å²) in [5, 5.41) is 11.4. The number of nitrogens with zero attached hydrogens (tertiary/aromatic N) is 3. The van der Waals surface area contributed by atoms with E-state index in [1.165, 1.54) is 18.6 Å². The molecular formula is C35H49N7O6. The molecule has 5 amide bonds. The van der Waals surface area contributed by atoms with Crippen molar-refractivity contribution >= 4 is 35.4 Å². The molecule has 0 saturated carbocycles. The molecule has 0 radical (unpaired) electrons. The molecule has 3 heterocycles. The molecule has 2 aliphatic heterocycles. The van der Waals surface area contributed by atoms with Gasteiger partial charge in [-0.3, -0.25) is 24.2 Å². The number of carbonyl (C=O) groups excluding carboxylic acids is 5. The Morgan fingerprint density at radius 3 is 2.06 bits per heavy atom. The molecule has 260 valence electrons. The largest absolute Gasteiger partial charge is 0.361 e. The smallest absolute Gasteiger partial charge is 0.318 e. The van der Waals surface area contributed by atoms with Crippen LogP contribution in [0.1, 0.15) is 65.9 Å². The highest BCUT2D eigenvalue weighted by molar-refractivity contribution is 5.98. The molecule has 4 atom stereocenters. The standard InChI is InChI=1S/C35H49N7O6/c1-22(2)17-26(30(43)35(5)21-48-35)38-33(46)28(19-24-9-7-6-8-10-24)39-32(45)27(18-23(3)4)40-34(47)42-15-11-25(12-16-42)31(44)41-29-20-36-13-14-37-29/h6-10,13-14,20,22-23,25-28H,11-12,15-19,21H2,1-5H3,(H,38,46)(H,39,45)(H,40,47)(H,37,41,44). The molecule has 0 bridgehead atoms. The monoisotopic (exact) mass is 663 g/mol. The van der Waals surface area contributed by atoms with Crippen molar-refractivity contribution in [3.8, 4) is 0 Å². The third kappa shape index (κ3) is 10.6. The Balaban J connectivity index is 1.41. The number of hydrogen-bond acceptors (Lipinski definition) is 8. The van der Waals surface area contributed by atoms with Crippen molar-refractivity contribution in [2.45, 2.75) is 90.4 Å². The number of ketones is 1. The van der Waals surface area contributed by atoms with Gasteiger partial charge in [-0.1, -0.05) is 58.0 Å². The van der Waals surface area contributed by atoms with Gasteiger partial charge in [-0.05, 0) is 50.0 Å². The van der Waals surface area contributed by atoms with Crippen LogP contribution >= 0.6 is 0 Å². The normalized spacial score (nSPS) is 19.6. The molecule has 4 N–H and O–H groups in total. The van der Waals surface area contributed by atoms with Crippen LogP contribution in [0, 0.1) is 17.8 Å². The summed E-state index contributed by atoms with van der Waals surface area (Å²) in [4.78, 5) is 76.6. The average molecular weight is 664 g/mol. The predicted octanol–water partition coefficient (Wildman–Crippen LogP) is 2.87. The van der Waals surface area contributed by atoms with Gasteiger partial charge in [0.1, 0.15) is 17.7 Å². The van der Waals surface area contributed by atoms with Crippen LogP contribution in [0.25, 0.3) is 0 Å². The molecule has 2 aliphatic rings. The first-order chi connectivity index (χ1) is 22.8. The SMILES string of the molecule is CC(C)CC(NC(=O)N1CCC(C(=O)Nc2cnccn2)CC1)C(=O)NC(Cc1ccccc1)C(=O)NC(CC(C)C)C(=O)C1(C)CO1. The number of piperidine rings is 1. The first kappa shape index (κ1) is 36.4. The van der Waals surface area contributed by atoms with E-state index in [2.05, 4.69) is 31.2 Å². The number of aromatic nitrogens is 2. The number of Topliss-reactive ketones (excluding diaryl/α,β-unsaturated/α-hetero) is 1. The Bertz CT molecular complexity index is 1410. The quantitative estimate of drug-likeness (QED) is 0.211. The van der Waals surface area contributed by atoms with Gasteiger partial charge < -0.3 is 30.9 Å². The third-order valence-electron chi connectivity index (χ3n) is 8.64. The van der Waals surface area contributed by atoms with Gasteiger partial charge in [-0.2, -0.15) is 0 Å². The van der Waals surface area contributed by atoms with Crippen molar-refractivity contribution in [3.05, 3.63) is 54.5 Å². The lowest BCUT2D eigenvalue weighted by Gasteiger charge is -2.33. The van der Waals surface area contributed by atoms with Gasteiger partial charge in [0.15, 0.2) is 11.6 Å². The van der Waals surface area contributed by atoms with Gasteiger partial charge in [0, 0.05) is 37.8 Å². The first-order valence-corrected chi connectivity index (χ1v) is 16.8. The summed E-state index contributed by atoms with van der Waals surface area (Å²) in [5.41, 5.74) is -0.0789. The maximum atomic E-state index is 13.8. The van der Waals surface area contributed by atoms with E-state index in [1.54, 1.807) is 11.8 Å². The molecule has 2 aromatic rings. The van der Waals surface area contributed by atoms with Crippen LogP contribution < -0.4 is 21.3 Å².